The number of carbonyl (C=O) groups is 1. The highest BCUT2D eigenvalue weighted by Crippen LogP contribution is 2.69. The van der Waals surface area contributed by atoms with Gasteiger partial charge < -0.3 is 5.32 Å². The zero-order chi connectivity index (χ0) is 12.0. The summed E-state index contributed by atoms with van der Waals surface area (Å²) in [5, 5.41) is 4.25. The van der Waals surface area contributed by atoms with Crippen LogP contribution in [0, 0.1) is 29.6 Å². The van der Waals surface area contributed by atoms with Gasteiger partial charge in [0.15, 0.2) is 0 Å². The summed E-state index contributed by atoms with van der Waals surface area (Å²) in [6.07, 6.45) is 6.46. The quantitative estimate of drug-likeness (QED) is 0.777. The van der Waals surface area contributed by atoms with Gasteiger partial charge in [0.05, 0.1) is 0 Å². The van der Waals surface area contributed by atoms with E-state index in [1.165, 1.54) is 19.3 Å². The molecule has 3 aliphatic carbocycles. The van der Waals surface area contributed by atoms with Crippen LogP contribution < -0.4 is 5.32 Å². The fourth-order valence-electron chi connectivity index (χ4n) is 4.47. The molecular weight excluding hydrogens is 278 g/mol. The van der Waals surface area contributed by atoms with Crippen LogP contribution in [0.3, 0.4) is 0 Å². The minimum Gasteiger partial charge on any atom is -0.353 e. The average Bonchev–Trinajstić information content (AvgIpc) is 2.76. The van der Waals surface area contributed by atoms with Crippen molar-refractivity contribution in [3.8, 4) is 0 Å². The van der Waals surface area contributed by atoms with Crippen molar-refractivity contribution in [3.63, 3.8) is 0 Å². The van der Waals surface area contributed by atoms with E-state index in [4.69, 9.17) is 0 Å². The summed E-state index contributed by atoms with van der Waals surface area (Å²) in [6.45, 7) is 2.13. The summed E-state index contributed by atoms with van der Waals surface area (Å²) in [5.41, 5.74) is 0. The molecule has 3 aliphatic rings. The zero-order valence-electron chi connectivity index (χ0n) is 10.5. The lowest BCUT2D eigenvalue weighted by Gasteiger charge is -2.15. The fraction of sp³-hybridized carbons (Fsp3) is 0.929. The van der Waals surface area contributed by atoms with Crippen LogP contribution in [0.15, 0.2) is 0 Å². The van der Waals surface area contributed by atoms with Gasteiger partial charge in [-0.1, -0.05) is 15.9 Å². The Balaban J connectivity index is 1.49. The highest BCUT2D eigenvalue weighted by molar-refractivity contribution is 9.09. The molecule has 17 heavy (non-hydrogen) atoms. The summed E-state index contributed by atoms with van der Waals surface area (Å²) in [7, 11) is 0. The number of fused-ring (bicyclic) bond motifs is 5. The maximum absolute atomic E-state index is 12.2. The maximum Gasteiger partial charge on any atom is 0.223 e. The van der Waals surface area contributed by atoms with Gasteiger partial charge >= 0.3 is 0 Å². The van der Waals surface area contributed by atoms with E-state index in [2.05, 4.69) is 28.2 Å². The smallest absolute Gasteiger partial charge is 0.223 e. The van der Waals surface area contributed by atoms with E-state index in [-0.39, 0.29) is 0 Å². The molecule has 0 spiro atoms. The standard InChI is InChI=1S/C14H22BrNO/c1-8(3-2-6-15)16-14(17)13-11-9-4-5-10(7-9)12(11)13/h8-13H,2-7H2,1H3,(H,16,17). The Kier molecular flexibility index (Phi) is 3.22. The lowest BCUT2D eigenvalue weighted by Crippen LogP contribution is -2.35. The largest absolute Gasteiger partial charge is 0.353 e. The Morgan fingerprint density at radius 2 is 2.00 bits per heavy atom. The first-order chi connectivity index (χ1) is 8.22. The molecule has 0 heterocycles. The highest BCUT2D eigenvalue weighted by atomic mass is 79.9. The Labute approximate surface area is 112 Å². The first-order valence-corrected chi connectivity index (χ1v) is 8.21. The molecule has 0 aliphatic heterocycles. The molecule has 0 aromatic heterocycles. The molecule has 0 saturated heterocycles. The molecule has 0 aromatic carbocycles. The predicted octanol–water partition coefficient (Wildman–Crippen LogP) is 2.96. The van der Waals surface area contributed by atoms with Gasteiger partial charge in [-0.15, -0.1) is 0 Å². The molecule has 3 rings (SSSR count). The van der Waals surface area contributed by atoms with E-state index in [9.17, 15) is 4.79 Å². The number of nitrogens with one attached hydrogen (secondary N) is 1. The molecule has 3 heteroatoms. The van der Waals surface area contributed by atoms with Crippen molar-refractivity contribution in [2.24, 2.45) is 29.6 Å². The third-order valence-corrected chi connectivity index (χ3v) is 5.76. The van der Waals surface area contributed by atoms with Gasteiger partial charge in [0.25, 0.3) is 0 Å². The second-order valence-electron chi connectivity index (χ2n) is 6.25. The summed E-state index contributed by atoms with van der Waals surface area (Å²) in [4.78, 5) is 12.2. The van der Waals surface area contributed by atoms with Crippen molar-refractivity contribution in [3.05, 3.63) is 0 Å². The normalized spacial score (nSPS) is 43.3. The number of alkyl halides is 1. The molecule has 0 radical (unpaired) electrons. The molecule has 5 atom stereocenters. The minimum absolute atomic E-state index is 0.346. The Hall–Kier alpha value is -0.0500. The van der Waals surface area contributed by atoms with Gasteiger partial charge in [0.1, 0.15) is 0 Å². The van der Waals surface area contributed by atoms with Crippen molar-refractivity contribution in [2.45, 2.75) is 45.1 Å². The number of amides is 1. The van der Waals surface area contributed by atoms with Crippen molar-refractivity contribution in [2.75, 3.05) is 5.33 Å². The van der Waals surface area contributed by atoms with Crippen LogP contribution in [0.2, 0.25) is 0 Å². The van der Waals surface area contributed by atoms with Crippen LogP contribution >= 0.6 is 15.9 Å². The van der Waals surface area contributed by atoms with E-state index in [0.717, 1.165) is 41.8 Å². The van der Waals surface area contributed by atoms with Crippen LogP contribution in [-0.2, 0) is 4.79 Å². The van der Waals surface area contributed by atoms with Gasteiger partial charge in [-0.3, -0.25) is 4.79 Å². The molecule has 2 bridgehead atoms. The van der Waals surface area contributed by atoms with Gasteiger partial charge in [0.2, 0.25) is 5.91 Å². The lowest BCUT2D eigenvalue weighted by atomic mass is 10.0. The number of carbonyl (C=O) groups excluding carboxylic acids is 1. The van der Waals surface area contributed by atoms with Crippen molar-refractivity contribution >= 4 is 21.8 Å². The number of hydrogen-bond acceptors (Lipinski definition) is 1. The van der Waals surface area contributed by atoms with Crippen LogP contribution in [0.4, 0.5) is 0 Å². The fourth-order valence-corrected chi connectivity index (χ4v) is 4.79. The van der Waals surface area contributed by atoms with Crippen molar-refractivity contribution in [1.82, 2.24) is 5.32 Å². The van der Waals surface area contributed by atoms with Crippen molar-refractivity contribution in [1.29, 1.82) is 0 Å². The zero-order valence-corrected chi connectivity index (χ0v) is 12.1. The van der Waals surface area contributed by atoms with Crippen LogP contribution in [0.5, 0.6) is 0 Å². The predicted molar refractivity (Wildman–Crippen MR) is 71.9 cm³/mol. The maximum atomic E-state index is 12.2. The SMILES string of the molecule is CC(CCCBr)NC(=O)C1C2C3CCC(C3)C12. The monoisotopic (exact) mass is 299 g/mol. The Morgan fingerprint density at radius 3 is 2.59 bits per heavy atom. The molecule has 5 unspecified atom stereocenters. The Bertz CT molecular complexity index is 303. The van der Waals surface area contributed by atoms with Crippen LogP contribution in [0.1, 0.15) is 39.0 Å². The molecule has 96 valence electrons. The molecule has 0 aromatic rings. The Morgan fingerprint density at radius 1 is 1.35 bits per heavy atom. The number of halogens is 1. The second-order valence-corrected chi connectivity index (χ2v) is 7.05. The molecule has 2 nitrogen and oxygen atoms in total. The summed E-state index contributed by atoms with van der Waals surface area (Å²) >= 11 is 3.44. The van der Waals surface area contributed by atoms with Crippen LogP contribution in [0.25, 0.3) is 0 Å². The van der Waals surface area contributed by atoms with Crippen molar-refractivity contribution < 1.29 is 4.79 Å². The summed E-state index contributed by atoms with van der Waals surface area (Å²) < 4.78 is 0. The first-order valence-electron chi connectivity index (χ1n) is 7.08. The van der Waals surface area contributed by atoms with Gasteiger partial charge in [-0.05, 0) is 62.7 Å². The third-order valence-electron chi connectivity index (χ3n) is 5.20. The van der Waals surface area contributed by atoms with Gasteiger partial charge in [-0.2, -0.15) is 0 Å². The second kappa shape index (κ2) is 4.56. The van der Waals surface area contributed by atoms with Gasteiger partial charge in [-0.25, -0.2) is 0 Å². The van der Waals surface area contributed by atoms with Crippen LogP contribution in [-0.4, -0.2) is 17.3 Å². The molecular formula is C14H22BrNO. The average molecular weight is 300 g/mol. The minimum atomic E-state index is 0.346. The highest BCUT2D eigenvalue weighted by Gasteiger charge is 2.67. The molecule has 1 amide bonds. The third kappa shape index (κ3) is 2.05. The number of hydrogen-bond donors (Lipinski definition) is 1. The van der Waals surface area contributed by atoms with E-state index < -0.39 is 0 Å². The first kappa shape index (κ1) is 12.0. The number of rotatable bonds is 5. The van der Waals surface area contributed by atoms with E-state index >= 15 is 0 Å². The summed E-state index contributed by atoms with van der Waals surface area (Å²) in [6, 6.07) is 0.346. The van der Waals surface area contributed by atoms with E-state index in [0.29, 0.717) is 17.9 Å². The molecule has 3 saturated carbocycles. The van der Waals surface area contributed by atoms with E-state index in [1.807, 2.05) is 0 Å². The topological polar surface area (TPSA) is 29.1 Å². The lowest BCUT2D eigenvalue weighted by molar-refractivity contribution is -0.123. The van der Waals surface area contributed by atoms with E-state index in [1.54, 1.807) is 0 Å². The summed E-state index contributed by atoms with van der Waals surface area (Å²) in [5.74, 6) is 4.11. The van der Waals surface area contributed by atoms with Gasteiger partial charge in [0, 0.05) is 17.3 Å². The molecule has 1 N–H and O–H groups in total. The molecule has 3 fully saturated rings.